The average Bonchev–Trinajstić information content (AvgIpc) is 2.92. The molecule has 10 atom stereocenters. The van der Waals surface area contributed by atoms with Crippen LogP contribution >= 0.6 is 0 Å². The van der Waals surface area contributed by atoms with Gasteiger partial charge in [0.2, 0.25) is 6.29 Å². The summed E-state index contributed by atoms with van der Waals surface area (Å²) in [6.45, 7) is 1.04. The Hall–Kier alpha value is -2.98. The van der Waals surface area contributed by atoms with Crippen LogP contribution < -0.4 is 9.47 Å². The molecule has 13 heteroatoms. The van der Waals surface area contributed by atoms with Gasteiger partial charge in [-0.05, 0) is 42.3 Å². The maximum atomic E-state index is 10.5. The Morgan fingerprint density at radius 1 is 0.750 bits per heavy atom. The number of phenolic OH excluding ortho intramolecular Hbond substituents is 2. The van der Waals surface area contributed by atoms with Gasteiger partial charge < -0.3 is 64.5 Å². The lowest BCUT2D eigenvalue weighted by molar-refractivity contribution is -0.318. The number of phenols is 2. The number of methoxy groups -OCH3 is 1. The van der Waals surface area contributed by atoms with Crippen LogP contribution in [0.2, 0.25) is 0 Å². The summed E-state index contributed by atoms with van der Waals surface area (Å²) in [5.41, 5.74) is 1.15. The van der Waals surface area contributed by atoms with E-state index in [9.17, 15) is 40.9 Å². The van der Waals surface area contributed by atoms with Gasteiger partial charge in [-0.25, -0.2) is 0 Å². The Kier molecular flexibility index (Phi) is 9.51. The Labute approximate surface area is 229 Å². The highest BCUT2D eigenvalue weighted by atomic mass is 16.7. The molecule has 8 N–H and O–H groups in total. The fraction of sp³-hybridized carbons (Fsp3) is 0.481. The molecule has 2 heterocycles. The molecule has 13 nitrogen and oxygen atoms in total. The molecule has 0 spiro atoms. The number of rotatable bonds is 8. The van der Waals surface area contributed by atoms with Crippen molar-refractivity contribution in [2.24, 2.45) is 0 Å². The molecule has 0 bridgehead atoms. The summed E-state index contributed by atoms with van der Waals surface area (Å²) >= 11 is 0. The molecule has 2 fully saturated rings. The van der Waals surface area contributed by atoms with Gasteiger partial charge in [0, 0.05) is 6.07 Å². The molecule has 0 amide bonds. The Morgan fingerprint density at radius 3 is 2.12 bits per heavy atom. The van der Waals surface area contributed by atoms with Crippen LogP contribution in [0.3, 0.4) is 0 Å². The van der Waals surface area contributed by atoms with Gasteiger partial charge in [-0.2, -0.15) is 0 Å². The monoisotopic (exact) mass is 566 g/mol. The lowest BCUT2D eigenvalue weighted by Crippen LogP contribution is -2.61. The van der Waals surface area contributed by atoms with Crippen LogP contribution in [0, 0.1) is 0 Å². The predicted octanol–water partition coefficient (Wildman–Crippen LogP) is -0.693. The number of hydrogen-bond acceptors (Lipinski definition) is 13. The lowest BCUT2D eigenvalue weighted by atomic mass is 9.98. The van der Waals surface area contributed by atoms with Crippen LogP contribution in [0.25, 0.3) is 12.2 Å². The Balaban J connectivity index is 1.44. The first kappa shape index (κ1) is 30.0. The van der Waals surface area contributed by atoms with E-state index in [2.05, 4.69) is 0 Å². The summed E-state index contributed by atoms with van der Waals surface area (Å²) in [5.74, 6) is 0.182. The molecule has 0 aromatic heterocycles. The first-order chi connectivity index (χ1) is 19.0. The number of benzene rings is 2. The summed E-state index contributed by atoms with van der Waals surface area (Å²) in [6, 6.07) is 9.05. The molecular formula is C27H34O13. The number of aliphatic hydroxyl groups excluding tert-OH is 6. The Morgan fingerprint density at radius 2 is 1.43 bits per heavy atom. The van der Waals surface area contributed by atoms with Crippen molar-refractivity contribution in [1.82, 2.24) is 0 Å². The first-order valence-electron chi connectivity index (χ1n) is 12.5. The van der Waals surface area contributed by atoms with E-state index in [4.69, 9.17) is 23.7 Å². The van der Waals surface area contributed by atoms with Crippen molar-refractivity contribution in [2.45, 2.75) is 68.3 Å². The number of aromatic hydroxyl groups is 2. The minimum absolute atomic E-state index is 0.0415. The fourth-order valence-corrected chi connectivity index (χ4v) is 4.40. The molecular weight excluding hydrogens is 532 g/mol. The molecule has 2 aromatic carbocycles. The molecule has 2 aliphatic heterocycles. The van der Waals surface area contributed by atoms with E-state index in [1.807, 2.05) is 0 Å². The zero-order valence-electron chi connectivity index (χ0n) is 21.7. The molecule has 4 rings (SSSR count). The van der Waals surface area contributed by atoms with Crippen LogP contribution in [-0.4, -0.2) is 116 Å². The molecule has 40 heavy (non-hydrogen) atoms. The highest BCUT2D eigenvalue weighted by molar-refractivity contribution is 5.72. The molecule has 0 radical (unpaired) electrons. The smallest absolute Gasteiger partial charge is 0.229 e. The zero-order valence-corrected chi connectivity index (χ0v) is 21.7. The second kappa shape index (κ2) is 12.7. The van der Waals surface area contributed by atoms with Gasteiger partial charge in [0.05, 0.1) is 19.8 Å². The quantitative estimate of drug-likeness (QED) is 0.186. The van der Waals surface area contributed by atoms with Gasteiger partial charge in [-0.15, -0.1) is 0 Å². The third-order valence-electron chi connectivity index (χ3n) is 6.74. The van der Waals surface area contributed by atoms with E-state index in [1.165, 1.54) is 38.3 Å². The summed E-state index contributed by atoms with van der Waals surface area (Å²) in [5, 5.41) is 81.4. The van der Waals surface area contributed by atoms with Crippen LogP contribution in [0.4, 0.5) is 0 Å². The van der Waals surface area contributed by atoms with Gasteiger partial charge in [0.1, 0.15) is 54.2 Å². The van der Waals surface area contributed by atoms with Crippen molar-refractivity contribution in [3.05, 3.63) is 47.5 Å². The van der Waals surface area contributed by atoms with Crippen molar-refractivity contribution >= 4 is 12.2 Å². The highest BCUT2D eigenvalue weighted by Crippen LogP contribution is 2.31. The second-order valence-corrected chi connectivity index (χ2v) is 9.67. The van der Waals surface area contributed by atoms with Crippen LogP contribution in [0.1, 0.15) is 18.1 Å². The zero-order chi connectivity index (χ0) is 29.1. The fourth-order valence-electron chi connectivity index (χ4n) is 4.40. The van der Waals surface area contributed by atoms with E-state index < -0.39 is 68.0 Å². The van der Waals surface area contributed by atoms with Crippen molar-refractivity contribution in [3.63, 3.8) is 0 Å². The normalized spacial score (nSPS) is 34.6. The summed E-state index contributed by atoms with van der Waals surface area (Å²) in [6.07, 6.45) is -11.1. The lowest BCUT2D eigenvalue weighted by Gasteiger charge is -2.42. The van der Waals surface area contributed by atoms with E-state index in [-0.39, 0.29) is 17.2 Å². The van der Waals surface area contributed by atoms with Gasteiger partial charge in [0.15, 0.2) is 17.8 Å². The molecule has 0 saturated carbocycles. The summed E-state index contributed by atoms with van der Waals surface area (Å²) < 4.78 is 27.2. The van der Waals surface area contributed by atoms with Crippen molar-refractivity contribution in [1.29, 1.82) is 0 Å². The summed E-state index contributed by atoms with van der Waals surface area (Å²) in [7, 11) is 1.44. The molecule has 0 unspecified atom stereocenters. The average molecular weight is 567 g/mol. The Bertz CT molecular complexity index is 1170. The first-order valence-corrected chi connectivity index (χ1v) is 12.5. The van der Waals surface area contributed by atoms with E-state index in [0.717, 1.165) is 0 Å². The molecule has 0 aliphatic carbocycles. The largest absolute Gasteiger partial charge is 0.508 e. The maximum absolute atomic E-state index is 10.5. The van der Waals surface area contributed by atoms with Crippen LogP contribution in [0.15, 0.2) is 36.4 Å². The molecule has 220 valence electrons. The van der Waals surface area contributed by atoms with Crippen LogP contribution in [-0.2, 0) is 14.2 Å². The third-order valence-corrected chi connectivity index (χ3v) is 6.74. The second-order valence-electron chi connectivity index (χ2n) is 9.67. The molecule has 2 aromatic rings. The van der Waals surface area contributed by atoms with Gasteiger partial charge in [0.25, 0.3) is 0 Å². The number of ether oxygens (including phenoxy) is 5. The number of hydrogen-bond donors (Lipinski definition) is 8. The van der Waals surface area contributed by atoms with Gasteiger partial charge >= 0.3 is 0 Å². The topological polar surface area (TPSA) is 208 Å². The SMILES string of the molecule is COc1ccc(/C=C/c2cc(O)cc(O[C@@H]3O[C@H](CO[C@@H]4O[C@@H](C)[C@H](O)[C@@H](O)[C@H]4O)[C@@H](O)[C@H](O)[C@H]3O)c2)cc1O. The van der Waals surface area contributed by atoms with Crippen molar-refractivity contribution < 1.29 is 64.5 Å². The van der Waals surface area contributed by atoms with E-state index >= 15 is 0 Å². The van der Waals surface area contributed by atoms with Crippen molar-refractivity contribution in [3.8, 4) is 23.0 Å². The molecule has 2 saturated heterocycles. The standard InChI is InChI=1S/C27H34O13/c1-12-20(30)22(32)24(34)26(38-12)37-11-19-21(31)23(33)25(35)27(40-19)39-16-8-14(7-15(28)10-16)4-3-13-5-6-18(36-2)17(29)9-13/h3-10,12,19-35H,11H2,1-2H3/b4-3+/t12-,19+,20-,21+,22+,23-,24+,25+,26+,27+/m0/s1. The number of aliphatic hydroxyl groups is 6. The van der Waals surface area contributed by atoms with E-state index in [0.29, 0.717) is 16.9 Å². The minimum atomic E-state index is -1.70. The van der Waals surface area contributed by atoms with Crippen molar-refractivity contribution in [2.75, 3.05) is 13.7 Å². The highest BCUT2D eigenvalue weighted by Gasteiger charge is 2.47. The third kappa shape index (κ3) is 6.66. The molecule has 2 aliphatic rings. The minimum Gasteiger partial charge on any atom is -0.508 e. The summed E-state index contributed by atoms with van der Waals surface area (Å²) in [4.78, 5) is 0. The predicted molar refractivity (Wildman–Crippen MR) is 137 cm³/mol. The van der Waals surface area contributed by atoms with E-state index in [1.54, 1.807) is 24.3 Å². The van der Waals surface area contributed by atoms with Gasteiger partial charge in [-0.3, -0.25) is 0 Å². The maximum Gasteiger partial charge on any atom is 0.229 e. The van der Waals surface area contributed by atoms with Gasteiger partial charge in [-0.1, -0.05) is 18.2 Å². The van der Waals surface area contributed by atoms with Crippen LogP contribution in [0.5, 0.6) is 23.0 Å².